The fourth-order valence-corrected chi connectivity index (χ4v) is 2.49. The molecule has 0 bridgehead atoms. The number of nitrogens with one attached hydrogen (secondary N) is 1. The van der Waals surface area contributed by atoms with E-state index in [1.54, 1.807) is 18.4 Å². The van der Waals surface area contributed by atoms with Gasteiger partial charge in [0.1, 0.15) is 0 Å². The van der Waals surface area contributed by atoms with E-state index in [9.17, 15) is 0 Å². The smallest absolute Gasteiger partial charge is 0.233 e. The Kier molecular flexibility index (Phi) is 4.81. The van der Waals surface area contributed by atoms with Gasteiger partial charge in [-0.3, -0.25) is 0 Å². The van der Waals surface area contributed by atoms with Crippen LogP contribution in [0.2, 0.25) is 0 Å². The second-order valence-corrected chi connectivity index (χ2v) is 5.24. The third kappa shape index (κ3) is 3.71. The topological polar surface area (TPSA) is 59.9 Å². The van der Waals surface area contributed by atoms with Crippen LogP contribution in [0, 0.1) is 6.92 Å². The molecule has 1 N–H and O–H groups in total. The number of methoxy groups -OCH3 is 1. The third-order valence-electron chi connectivity index (χ3n) is 2.76. The lowest BCUT2D eigenvalue weighted by Crippen LogP contribution is -2.24. The van der Waals surface area contributed by atoms with Gasteiger partial charge in [0.2, 0.25) is 5.88 Å². The minimum absolute atomic E-state index is 0.130. The largest absolute Gasteiger partial charge is 0.480 e. The van der Waals surface area contributed by atoms with Crippen LogP contribution in [-0.4, -0.2) is 28.8 Å². The lowest BCUT2D eigenvalue weighted by Gasteiger charge is -2.15. The first-order valence-corrected chi connectivity index (χ1v) is 7.13. The molecule has 0 radical (unpaired) electrons. The number of ether oxygens (including phenoxy) is 1. The Morgan fingerprint density at radius 3 is 2.74 bits per heavy atom. The molecule has 5 nitrogen and oxygen atoms in total. The van der Waals surface area contributed by atoms with Crippen LogP contribution < -0.4 is 10.1 Å². The van der Waals surface area contributed by atoms with E-state index in [1.807, 2.05) is 19.1 Å². The van der Waals surface area contributed by atoms with Crippen molar-refractivity contribution in [2.45, 2.75) is 26.3 Å². The zero-order valence-corrected chi connectivity index (χ0v) is 12.2. The van der Waals surface area contributed by atoms with Crippen LogP contribution in [-0.2, 0) is 6.42 Å². The molecule has 0 aliphatic rings. The summed E-state index contributed by atoms with van der Waals surface area (Å²) >= 11 is 1.67. The number of hydrogen-bond acceptors (Lipinski definition) is 6. The lowest BCUT2D eigenvalue weighted by molar-refractivity contribution is 0.389. The summed E-state index contributed by atoms with van der Waals surface area (Å²) in [5, 5.41) is 14.8. The fourth-order valence-electron chi connectivity index (χ4n) is 1.86. The lowest BCUT2D eigenvalue weighted by atomic mass is 10.1. The van der Waals surface area contributed by atoms with Crippen molar-refractivity contribution in [1.29, 1.82) is 0 Å². The molecule has 0 spiro atoms. The number of aryl methyl sites for hydroxylation is 1. The van der Waals surface area contributed by atoms with Crippen molar-refractivity contribution in [3.05, 3.63) is 33.9 Å². The maximum Gasteiger partial charge on any atom is 0.233 e. The monoisotopic (exact) mass is 278 g/mol. The van der Waals surface area contributed by atoms with Gasteiger partial charge in [-0.1, -0.05) is 6.92 Å². The SMILES string of the molecule is CCNC(Cc1csc(C)n1)c1ccc(OC)nn1. The highest BCUT2D eigenvalue weighted by Crippen LogP contribution is 2.19. The maximum atomic E-state index is 5.03. The second-order valence-electron chi connectivity index (χ2n) is 4.17. The van der Waals surface area contributed by atoms with E-state index in [4.69, 9.17) is 4.74 Å². The summed E-state index contributed by atoms with van der Waals surface area (Å²) < 4.78 is 5.03. The molecule has 102 valence electrons. The predicted octanol–water partition coefficient (Wildman–Crippen LogP) is 2.14. The van der Waals surface area contributed by atoms with Crippen molar-refractivity contribution in [1.82, 2.24) is 20.5 Å². The van der Waals surface area contributed by atoms with Crippen LogP contribution in [0.3, 0.4) is 0 Å². The van der Waals surface area contributed by atoms with E-state index in [0.717, 1.165) is 29.4 Å². The Bertz CT molecular complexity index is 512. The first-order valence-electron chi connectivity index (χ1n) is 6.25. The molecule has 0 saturated heterocycles. The quantitative estimate of drug-likeness (QED) is 0.877. The summed E-state index contributed by atoms with van der Waals surface area (Å²) in [6, 6.07) is 3.90. The van der Waals surface area contributed by atoms with Gasteiger partial charge >= 0.3 is 0 Å². The van der Waals surface area contributed by atoms with Crippen molar-refractivity contribution < 1.29 is 4.74 Å². The Hall–Kier alpha value is -1.53. The Labute approximate surface area is 117 Å². The summed E-state index contributed by atoms with van der Waals surface area (Å²) in [5.74, 6) is 0.531. The average Bonchev–Trinajstić information content (AvgIpc) is 2.84. The maximum absolute atomic E-state index is 5.03. The van der Waals surface area contributed by atoms with Crippen LogP contribution in [0.4, 0.5) is 0 Å². The van der Waals surface area contributed by atoms with E-state index >= 15 is 0 Å². The van der Waals surface area contributed by atoms with Crippen molar-refractivity contribution in [3.63, 3.8) is 0 Å². The summed E-state index contributed by atoms with van der Waals surface area (Å²) in [4.78, 5) is 4.50. The molecule has 1 atom stereocenters. The number of rotatable bonds is 6. The van der Waals surface area contributed by atoms with Gasteiger partial charge in [-0.2, -0.15) is 5.10 Å². The van der Waals surface area contributed by atoms with Crippen molar-refractivity contribution in [2.75, 3.05) is 13.7 Å². The van der Waals surface area contributed by atoms with Crippen LogP contribution in [0.25, 0.3) is 0 Å². The molecule has 2 rings (SSSR count). The normalized spacial score (nSPS) is 12.4. The van der Waals surface area contributed by atoms with Gasteiger partial charge in [0, 0.05) is 17.9 Å². The van der Waals surface area contributed by atoms with Gasteiger partial charge in [0.25, 0.3) is 0 Å². The van der Waals surface area contributed by atoms with E-state index in [2.05, 4.69) is 32.8 Å². The Morgan fingerprint density at radius 2 is 2.21 bits per heavy atom. The van der Waals surface area contributed by atoms with Crippen LogP contribution in [0.5, 0.6) is 5.88 Å². The summed E-state index contributed by atoms with van der Waals surface area (Å²) in [6.45, 7) is 4.97. The van der Waals surface area contributed by atoms with Gasteiger partial charge in [0.05, 0.1) is 29.5 Å². The molecule has 0 aromatic carbocycles. The van der Waals surface area contributed by atoms with Gasteiger partial charge in [0.15, 0.2) is 0 Å². The van der Waals surface area contributed by atoms with Gasteiger partial charge in [-0.25, -0.2) is 4.98 Å². The summed E-state index contributed by atoms with van der Waals surface area (Å²) in [6.07, 6.45) is 0.819. The second kappa shape index (κ2) is 6.58. The molecular weight excluding hydrogens is 260 g/mol. The summed E-state index contributed by atoms with van der Waals surface area (Å²) in [7, 11) is 1.59. The minimum Gasteiger partial charge on any atom is -0.480 e. The van der Waals surface area contributed by atoms with Gasteiger partial charge in [-0.05, 0) is 19.5 Å². The molecule has 2 heterocycles. The molecule has 0 amide bonds. The highest BCUT2D eigenvalue weighted by atomic mass is 32.1. The number of nitrogens with zero attached hydrogens (tertiary/aromatic N) is 3. The Balaban J connectivity index is 2.13. The zero-order valence-electron chi connectivity index (χ0n) is 11.4. The minimum atomic E-state index is 0.130. The molecule has 0 fully saturated rings. The van der Waals surface area contributed by atoms with E-state index < -0.39 is 0 Å². The molecule has 19 heavy (non-hydrogen) atoms. The third-order valence-corrected chi connectivity index (χ3v) is 3.58. The van der Waals surface area contributed by atoms with Crippen LogP contribution >= 0.6 is 11.3 Å². The highest BCUT2D eigenvalue weighted by molar-refractivity contribution is 7.09. The number of likely N-dealkylation sites (N-methyl/N-ethyl adjacent to an activating group) is 1. The molecule has 1 unspecified atom stereocenters. The van der Waals surface area contributed by atoms with Crippen LogP contribution in [0.15, 0.2) is 17.5 Å². The number of aromatic nitrogens is 3. The van der Waals surface area contributed by atoms with E-state index in [1.165, 1.54) is 0 Å². The van der Waals surface area contributed by atoms with Crippen LogP contribution in [0.1, 0.15) is 29.4 Å². The molecule has 2 aromatic rings. The number of hydrogen-bond donors (Lipinski definition) is 1. The van der Waals surface area contributed by atoms with E-state index in [0.29, 0.717) is 5.88 Å². The van der Waals surface area contributed by atoms with Gasteiger partial charge < -0.3 is 10.1 Å². The molecule has 0 aliphatic heterocycles. The predicted molar refractivity (Wildman–Crippen MR) is 75.6 cm³/mol. The standard InChI is InChI=1S/C13H18N4OS/c1-4-14-12(7-10-8-19-9(2)15-10)11-5-6-13(18-3)17-16-11/h5-6,8,12,14H,4,7H2,1-3H3. The molecule has 2 aromatic heterocycles. The number of thiazole rings is 1. The first kappa shape index (κ1) is 13.9. The average molecular weight is 278 g/mol. The van der Waals surface area contributed by atoms with Gasteiger partial charge in [-0.15, -0.1) is 16.4 Å². The molecule has 0 saturated carbocycles. The zero-order chi connectivity index (χ0) is 13.7. The van der Waals surface area contributed by atoms with Crippen molar-refractivity contribution in [3.8, 4) is 5.88 Å². The summed E-state index contributed by atoms with van der Waals surface area (Å²) in [5.41, 5.74) is 2.00. The van der Waals surface area contributed by atoms with E-state index in [-0.39, 0.29) is 6.04 Å². The Morgan fingerprint density at radius 1 is 1.37 bits per heavy atom. The van der Waals surface area contributed by atoms with Crippen molar-refractivity contribution in [2.24, 2.45) is 0 Å². The highest BCUT2D eigenvalue weighted by Gasteiger charge is 2.15. The van der Waals surface area contributed by atoms with Crippen molar-refractivity contribution >= 4 is 11.3 Å². The fraction of sp³-hybridized carbons (Fsp3) is 0.462. The molecule has 0 aliphatic carbocycles. The molecule has 6 heteroatoms. The first-order chi connectivity index (χ1) is 9.22. The molecular formula is C13H18N4OS.